The first-order chi connectivity index (χ1) is 7.96. The zero-order chi connectivity index (χ0) is 12.5. The molecule has 0 N–H and O–H groups in total. The maximum atomic E-state index is 11.8. The van der Waals surface area contributed by atoms with E-state index in [1.165, 1.54) is 5.06 Å². The number of ether oxygens (including phenoxy) is 1. The Bertz CT molecular complexity index is 333. The van der Waals surface area contributed by atoms with Crippen molar-refractivity contribution in [1.82, 2.24) is 5.06 Å². The smallest absolute Gasteiger partial charge is 0.434 e. The van der Waals surface area contributed by atoms with Gasteiger partial charge in [-0.25, -0.2) is 14.6 Å². The van der Waals surface area contributed by atoms with Crippen LogP contribution < -0.4 is 0 Å². The lowest BCUT2D eigenvalue weighted by atomic mass is 10.1. The van der Waals surface area contributed by atoms with Crippen molar-refractivity contribution in [3.63, 3.8) is 0 Å². The van der Waals surface area contributed by atoms with Crippen molar-refractivity contribution in [2.24, 2.45) is 0 Å². The molecule has 0 aromatic heterocycles. The van der Waals surface area contributed by atoms with E-state index in [0.29, 0.717) is 13.2 Å². The zero-order valence-corrected chi connectivity index (χ0v) is 10.3. The summed E-state index contributed by atoms with van der Waals surface area (Å²) in [5.41, 5.74) is 0.455. The molecule has 17 heavy (non-hydrogen) atoms. The van der Waals surface area contributed by atoms with Gasteiger partial charge in [-0.2, -0.15) is 5.06 Å². The summed E-state index contributed by atoms with van der Waals surface area (Å²) in [7, 11) is 0. The van der Waals surface area contributed by atoms with Gasteiger partial charge in [-0.1, -0.05) is 6.08 Å². The van der Waals surface area contributed by atoms with Gasteiger partial charge in [-0.3, -0.25) is 4.84 Å². The van der Waals surface area contributed by atoms with Crippen molar-refractivity contribution in [3.8, 4) is 0 Å². The maximum Gasteiger partial charge on any atom is 0.434 e. The molecule has 1 fully saturated rings. The third kappa shape index (κ3) is 3.18. The highest BCUT2D eigenvalue weighted by Crippen LogP contribution is 2.21. The molecule has 6 heteroatoms. The van der Waals surface area contributed by atoms with E-state index in [0.717, 1.165) is 5.57 Å². The summed E-state index contributed by atoms with van der Waals surface area (Å²) in [6.45, 7) is 6.44. The van der Waals surface area contributed by atoms with Crippen LogP contribution in [0.1, 0.15) is 20.8 Å². The van der Waals surface area contributed by atoms with E-state index in [9.17, 15) is 4.79 Å². The summed E-state index contributed by atoms with van der Waals surface area (Å²) >= 11 is 0. The highest BCUT2D eigenvalue weighted by molar-refractivity contribution is 5.67. The Morgan fingerprint density at radius 3 is 3.00 bits per heavy atom. The number of carbonyl (C=O) groups is 1. The molecule has 2 rings (SSSR count). The van der Waals surface area contributed by atoms with Crippen LogP contribution in [0.4, 0.5) is 4.79 Å². The molecule has 1 atom stereocenters. The van der Waals surface area contributed by atoms with Gasteiger partial charge in [-0.15, -0.1) is 0 Å². The standard InChI is InChI=1S/C11H17NO5/c1-11(2,3)16-10(13)12-6-9-8(7-14-12)4-5-15-17-9/h4,9H,5-7H2,1-3H3. The normalized spacial score (nSPS) is 25.0. The molecule has 0 spiro atoms. The van der Waals surface area contributed by atoms with Crippen LogP contribution in [0.15, 0.2) is 11.6 Å². The second kappa shape index (κ2) is 4.64. The van der Waals surface area contributed by atoms with Gasteiger partial charge >= 0.3 is 6.09 Å². The fraction of sp³-hybridized carbons (Fsp3) is 0.727. The number of carbonyl (C=O) groups excluding carboxylic acids is 1. The van der Waals surface area contributed by atoms with Crippen LogP contribution in [0.2, 0.25) is 0 Å². The second-order valence-corrected chi connectivity index (χ2v) is 4.96. The molecular formula is C11H17NO5. The van der Waals surface area contributed by atoms with Crippen LogP contribution >= 0.6 is 0 Å². The number of hydrogen-bond donors (Lipinski definition) is 0. The summed E-state index contributed by atoms with van der Waals surface area (Å²) in [6.07, 6.45) is 1.14. The Kier molecular flexibility index (Phi) is 3.37. The van der Waals surface area contributed by atoms with E-state index in [1.807, 2.05) is 6.08 Å². The van der Waals surface area contributed by atoms with E-state index >= 15 is 0 Å². The second-order valence-electron chi connectivity index (χ2n) is 4.96. The van der Waals surface area contributed by atoms with Crippen LogP contribution in [0, 0.1) is 0 Å². The Balaban J connectivity index is 1.94. The largest absolute Gasteiger partial charge is 0.442 e. The van der Waals surface area contributed by atoms with Crippen LogP contribution in [0.5, 0.6) is 0 Å². The number of fused-ring (bicyclic) bond motifs is 1. The molecule has 2 aliphatic rings. The van der Waals surface area contributed by atoms with Gasteiger partial charge < -0.3 is 4.74 Å². The molecule has 6 nitrogen and oxygen atoms in total. The minimum Gasteiger partial charge on any atom is -0.442 e. The Labute approximate surface area is 99.9 Å². The van der Waals surface area contributed by atoms with Gasteiger partial charge in [-0.05, 0) is 26.3 Å². The van der Waals surface area contributed by atoms with Gasteiger partial charge in [0.25, 0.3) is 0 Å². The minimum atomic E-state index is -0.541. The lowest BCUT2D eigenvalue weighted by Gasteiger charge is -2.35. The van der Waals surface area contributed by atoms with Crippen LogP contribution in [0.3, 0.4) is 0 Å². The molecule has 1 unspecified atom stereocenters. The van der Waals surface area contributed by atoms with E-state index in [1.54, 1.807) is 20.8 Å². The fourth-order valence-electron chi connectivity index (χ4n) is 1.55. The summed E-state index contributed by atoms with van der Waals surface area (Å²) < 4.78 is 5.20. The van der Waals surface area contributed by atoms with Crippen molar-refractivity contribution in [2.45, 2.75) is 32.5 Å². The predicted molar refractivity (Wildman–Crippen MR) is 57.8 cm³/mol. The molecular weight excluding hydrogens is 226 g/mol. The fourth-order valence-corrected chi connectivity index (χ4v) is 1.55. The Morgan fingerprint density at radius 1 is 1.53 bits per heavy atom. The quantitative estimate of drug-likeness (QED) is 0.476. The van der Waals surface area contributed by atoms with Crippen molar-refractivity contribution in [2.75, 3.05) is 19.8 Å². The van der Waals surface area contributed by atoms with Crippen LogP contribution in [-0.2, 0) is 19.3 Å². The third-order valence-electron chi connectivity index (χ3n) is 2.33. The first-order valence-corrected chi connectivity index (χ1v) is 5.56. The average Bonchev–Trinajstić information content (AvgIpc) is 2.26. The Hall–Kier alpha value is -1.11. The summed E-state index contributed by atoms with van der Waals surface area (Å²) in [4.78, 5) is 27.0. The number of rotatable bonds is 0. The lowest BCUT2D eigenvalue weighted by molar-refractivity contribution is -0.335. The van der Waals surface area contributed by atoms with E-state index in [2.05, 4.69) is 0 Å². The molecule has 0 aliphatic carbocycles. The lowest BCUT2D eigenvalue weighted by Crippen LogP contribution is -2.47. The van der Waals surface area contributed by atoms with Crippen molar-refractivity contribution in [3.05, 3.63) is 11.6 Å². The third-order valence-corrected chi connectivity index (χ3v) is 2.33. The first-order valence-electron chi connectivity index (χ1n) is 5.56. The first kappa shape index (κ1) is 12.3. The number of amides is 1. The van der Waals surface area contributed by atoms with Gasteiger partial charge in [0.1, 0.15) is 18.3 Å². The highest BCUT2D eigenvalue weighted by Gasteiger charge is 2.33. The van der Waals surface area contributed by atoms with Gasteiger partial charge in [0.2, 0.25) is 0 Å². The molecule has 1 amide bonds. The predicted octanol–water partition coefficient (Wildman–Crippen LogP) is 1.43. The van der Waals surface area contributed by atoms with E-state index < -0.39 is 11.7 Å². The Morgan fingerprint density at radius 2 is 2.29 bits per heavy atom. The topological polar surface area (TPSA) is 57.2 Å². The van der Waals surface area contributed by atoms with Crippen molar-refractivity contribution in [1.29, 1.82) is 0 Å². The van der Waals surface area contributed by atoms with Crippen LogP contribution in [0.25, 0.3) is 0 Å². The molecule has 0 aromatic rings. The molecule has 96 valence electrons. The molecule has 2 heterocycles. The van der Waals surface area contributed by atoms with E-state index in [-0.39, 0.29) is 12.6 Å². The van der Waals surface area contributed by atoms with Gasteiger partial charge in [0, 0.05) is 0 Å². The summed E-state index contributed by atoms with van der Waals surface area (Å²) in [6, 6.07) is 0. The number of hydroxylamine groups is 2. The molecule has 0 bridgehead atoms. The molecule has 0 aromatic carbocycles. The molecule has 0 radical (unpaired) electrons. The van der Waals surface area contributed by atoms with Gasteiger partial charge in [0.05, 0.1) is 13.2 Å². The van der Waals surface area contributed by atoms with Crippen molar-refractivity contribution < 1.29 is 24.1 Å². The number of hydrogen-bond acceptors (Lipinski definition) is 5. The molecule has 2 aliphatic heterocycles. The van der Waals surface area contributed by atoms with Gasteiger partial charge in [0.15, 0.2) is 0 Å². The zero-order valence-electron chi connectivity index (χ0n) is 10.3. The summed E-state index contributed by atoms with van der Waals surface area (Å²) in [5.74, 6) is 0. The highest BCUT2D eigenvalue weighted by atomic mass is 17.2. The molecule has 1 saturated heterocycles. The maximum absolute atomic E-state index is 11.8. The van der Waals surface area contributed by atoms with E-state index in [4.69, 9.17) is 19.3 Å². The molecule has 0 saturated carbocycles. The van der Waals surface area contributed by atoms with Crippen LogP contribution in [-0.4, -0.2) is 42.6 Å². The van der Waals surface area contributed by atoms with Crippen molar-refractivity contribution >= 4 is 6.09 Å². The summed E-state index contributed by atoms with van der Waals surface area (Å²) in [5, 5.41) is 1.17. The minimum absolute atomic E-state index is 0.259. The SMILES string of the molecule is CC(C)(C)OC(=O)N1CC2OOCC=C2CO1. The average molecular weight is 243 g/mol. The number of nitrogens with zero attached hydrogens (tertiary/aromatic N) is 1. The monoisotopic (exact) mass is 243 g/mol.